The van der Waals surface area contributed by atoms with Crippen molar-refractivity contribution in [2.24, 2.45) is 0 Å². The molecule has 0 saturated carbocycles. The predicted octanol–water partition coefficient (Wildman–Crippen LogP) is 1.43. The molecule has 0 unspecified atom stereocenters. The summed E-state index contributed by atoms with van der Waals surface area (Å²) >= 11 is 0. The van der Waals surface area contributed by atoms with Gasteiger partial charge in [0.2, 0.25) is 5.91 Å². The van der Waals surface area contributed by atoms with Crippen molar-refractivity contribution in [3.63, 3.8) is 0 Å². The topological polar surface area (TPSA) is 64.7 Å². The van der Waals surface area contributed by atoms with E-state index in [-0.39, 0.29) is 18.0 Å². The van der Waals surface area contributed by atoms with Crippen molar-refractivity contribution in [1.82, 2.24) is 15.5 Å². The van der Waals surface area contributed by atoms with E-state index in [4.69, 9.17) is 0 Å². The van der Waals surface area contributed by atoms with Gasteiger partial charge in [0.15, 0.2) is 0 Å². The second-order valence-corrected chi connectivity index (χ2v) is 5.67. The fourth-order valence-electron chi connectivity index (χ4n) is 2.77. The third-order valence-electron chi connectivity index (χ3n) is 4.14. The Kier molecular flexibility index (Phi) is 6.40. The summed E-state index contributed by atoms with van der Waals surface area (Å²) < 4.78 is 0. The molecule has 1 saturated heterocycles. The van der Waals surface area contributed by atoms with Crippen LogP contribution >= 0.6 is 0 Å². The number of carbonyl (C=O) groups excluding carboxylic acids is 2. The molecule has 1 atom stereocenters. The Morgan fingerprint density at radius 1 is 1.26 bits per heavy atom. The molecule has 6 heteroatoms. The SMILES string of the molecule is CCN(CC)CCNC(=O)N[C@H]1CC(=O)N(c2ccccc2)C1. The number of benzene rings is 1. The monoisotopic (exact) mass is 318 g/mol. The summed E-state index contributed by atoms with van der Waals surface area (Å²) in [4.78, 5) is 28.0. The van der Waals surface area contributed by atoms with Crippen molar-refractivity contribution in [1.29, 1.82) is 0 Å². The van der Waals surface area contributed by atoms with Gasteiger partial charge in [-0.1, -0.05) is 32.0 Å². The van der Waals surface area contributed by atoms with Gasteiger partial charge in [-0.15, -0.1) is 0 Å². The number of rotatable bonds is 7. The average molecular weight is 318 g/mol. The van der Waals surface area contributed by atoms with Crippen molar-refractivity contribution < 1.29 is 9.59 Å². The van der Waals surface area contributed by atoms with E-state index in [2.05, 4.69) is 29.4 Å². The van der Waals surface area contributed by atoms with Crippen molar-refractivity contribution in [3.8, 4) is 0 Å². The van der Waals surface area contributed by atoms with E-state index in [1.165, 1.54) is 0 Å². The number of anilines is 1. The number of hydrogen-bond acceptors (Lipinski definition) is 3. The molecule has 2 rings (SSSR count). The van der Waals surface area contributed by atoms with E-state index in [1.54, 1.807) is 4.90 Å². The van der Waals surface area contributed by atoms with E-state index in [9.17, 15) is 9.59 Å². The highest BCUT2D eigenvalue weighted by Crippen LogP contribution is 2.20. The molecule has 23 heavy (non-hydrogen) atoms. The molecular formula is C17H26N4O2. The van der Waals surface area contributed by atoms with Crippen LogP contribution in [0.2, 0.25) is 0 Å². The Labute approximate surface area is 137 Å². The first-order valence-electron chi connectivity index (χ1n) is 8.26. The zero-order valence-corrected chi connectivity index (χ0v) is 13.9. The summed E-state index contributed by atoms with van der Waals surface area (Å²) in [7, 11) is 0. The first-order chi connectivity index (χ1) is 11.1. The van der Waals surface area contributed by atoms with Gasteiger partial charge in [0.25, 0.3) is 0 Å². The second-order valence-electron chi connectivity index (χ2n) is 5.67. The van der Waals surface area contributed by atoms with Gasteiger partial charge in [0.05, 0.1) is 6.04 Å². The highest BCUT2D eigenvalue weighted by atomic mass is 16.2. The standard InChI is InChI=1S/C17H26N4O2/c1-3-20(4-2)11-10-18-17(23)19-14-12-16(22)21(13-14)15-8-6-5-7-9-15/h5-9,14H,3-4,10-13H2,1-2H3,(H2,18,19,23)/t14-/m0/s1. The number of urea groups is 1. The molecule has 1 fully saturated rings. The maximum atomic E-state index is 12.1. The minimum atomic E-state index is -0.204. The average Bonchev–Trinajstić information content (AvgIpc) is 2.92. The highest BCUT2D eigenvalue weighted by Gasteiger charge is 2.31. The minimum absolute atomic E-state index is 0.0460. The van der Waals surface area contributed by atoms with Crippen LogP contribution in [0.3, 0.4) is 0 Å². The fourth-order valence-corrected chi connectivity index (χ4v) is 2.77. The Bertz CT molecular complexity index is 517. The molecule has 1 aromatic rings. The first-order valence-corrected chi connectivity index (χ1v) is 8.26. The van der Waals surface area contributed by atoms with Gasteiger partial charge in [0.1, 0.15) is 0 Å². The number of amides is 3. The van der Waals surface area contributed by atoms with E-state index < -0.39 is 0 Å². The fraction of sp³-hybridized carbons (Fsp3) is 0.529. The quantitative estimate of drug-likeness (QED) is 0.799. The summed E-state index contributed by atoms with van der Waals surface area (Å²) in [5.41, 5.74) is 0.878. The van der Waals surface area contributed by atoms with Gasteiger partial charge < -0.3 is 20.4 Å². The lowest BCUT2D eigenvalue weighted by Gasteiger charge is -2.19. The molecule has 0 aromatic heterocycles. The van der Waals surface area contributed by atoms with Crippen LogP contribution in [0.15, 0.2) is 30.3 Å². The summed E-state index contributed by atoms with van der Waals surface area (Å²) in [5, 5.41) is 5.74. The highest BCUT2D eigenvalue weighted by molar-refractivity contribution is 5.96. The van der Waals surface area contributed by atoms with E-state index in [0.29, 0.717) is 19.5 Å². The van der Waals surface area contributed by atoms with E-state index >= 15 is 0 Å². The second kappa shape index (κ2) is 8.53. The zero-order chi connectivity index (χ0) is 16.7. The zero-order valence-electron chi connectivity index (χ0n) is 13.9. The van der Waals surface area contributed by atoms with Crippen LogP contribution in [0.4, 0.5) is 10.5 Å². The Morgan fingerprint density at radius 3 is 2.61 bits per heavy atom. The van der Waals surface area contributed by atoms with Crippen LogP contribution in [0, 0.1) is 0 Å². The van der Waals surface area contributed by atoms with Gasteiger partial charge in [-0.05, 0) is 25.2 Å². The van der Waals surface area contributed by atoms with E-state index in [1.807, 2.05) is 30.3 Å². The number of likely N-dealkylation sites (N-methyl/N-ethyl adjacent to an activating group) is 1. The molecule has 1 aliphatic rings. The molecule has 1 aliphatic heterocycles. The summed E-state index contributed by atoms with van der Waals surface area (Å²) in [6.07, 6.45) is 0.346. The Morgan fingerprint density at radius 2 is 1.96 bits per heavy atom. The van der Waals surface area contributed by atoms with Crippen LogP contribution in [0.5, 0.6) is 0 Å². The van der Waals surface area contributed by atoms with Gasteiger partial charge >= 0.3 is 6.03 Å². The summed E-state index contributed by atoms with van der Waals surface area (Å²) in [6.45, 7) is 8.12. The molecule has 0 bridgehead atoms. The molecule has 0 aliphatic carbocycles. The van der Waals surface area contributed by atoms with Gasteiger partial charge in [-0.2, -0.15) is 0 Å². The number of nitrogens with one attached hydrogen (secondary N) is 2. The summed E-state index contributed by atoms with van der Waals surface area (Å²) in [5.74, 6) is 0.0460. The smallest absolute Gasteiger partial charge is 0.315 e. The number of para-hydroxylation sites is 1. The lowest BCUT2D eigenvalue weighted by Crippen LogP contribution is -2.45. The maximum absolute atomic E-state index is 12.1. The molecule has 126 valence electrons. The van der Waals surface area contributed by atoms with Crippen LogP contribution in [-0.2, 0) is 4.79 Å². The van der Waals surface area contributed by atoms with Crippen LogP contribution in [0.25, 0.3) is 0 Å². The normalized spacial score (nSPS) is 17.6. The van der Waals surface area contributed by atoms with Gasteiger partial charge in [0, 0.05) is 31.7 Å². The van der Waals surface area contributed by atoms with Crippen LogP contribution < -0.4 is 15.5 Å². The number of hydrogen-bond donors (Lipinski definition) is 2. The summed E-state index contributed by atoms with van der Waals surface area (Å²) in [6, 6.07) is 9.20. The first kappa shape index (κ1) is 17.3. The van der Waals surface area contributed by atoms with Crippen LogP contribution in [0.1, 0.15) is 20.3 Å². The molecular weight excluding hydrogens is 292 g/mol. The molecule has 1 heterocycles. The molecule has 0 radical (unpaired) electrons. The molecule has 6 nitrogen and oxygen atoms in total. The Hall–Kier alpha value is -2.08. The van der Waals surface area contributed by atoms with E-state index in [0.717, 1.165) is 25.3 Å². The van der Waals surface area contributed by atoms with Crippen molar-refractivity contribution >= 4 is 17.6 Å². The third-order valence-corrected chi connectivity index (χ3v) is 4.14. The minimum Gasteiger partial charge on any atom is -0.337 e. The van der Waals surface area contributed by atoms with Crippen molar-refractivity contribution in [2.75, 3.05) is 37.6 Å². The maximum Gasteiger partial charge on any atom is 0.315 e. The molecule has 1 aromatic carbocycles. The lowest BCUT2D eigenvalue weighted by atomic mass is 10.2. The van der Waals surface area contributed by atoms with Crippen molar-refractivity contribution in [2.45, 2.75) is 26.3 Å². The number of carbonyl (C=O) groups is 2. The van der Waals surface area contributed by atoms with Crippen LogP contribution in [-0.4, -0.2) is 55.6 Å². The lowest BCUT2D eigenvalue weighted by molar-refractivity contribution is -0.117. The van der Waals surface area contributed by atoms with Gasteiger partial charge in [-0.3, -0.25) is 4.79 Å². The molecule has 2 N–H and O–H groups in total. The van der Waals surface area contributed by atoms with Crippen molar-refractivity contribution in [3.05, 3.63) is 30.3 Å². The predicted molar refractivity (Wildman–Crippen MR) is 91.5 cm³/mol. The molecule has 3 amide bonds. The molecule has 0 spiro atoms. The largest absolute Gasteiger partial charge is 0.337 e. The van der Waals surface area contributed by atoms with Gasteiger partial charge in [-0.25, -0.2) is 4.79 Å². The third kappa shape index (κ3) is 4.96. The Balaban J connectivity index is 1.76. The number of nitrogens with zero attached hydrogens (tertiary/aromatic N) is 2.